The van der Waals surface area contributed by atoms with Crippen molar-refractivity contribution >= 4 is 0 Å². The molecule has 0 heterocycles. The molecule has 116 valence electrons. The summed E-state index contributed by atoms with van der Waals surface area (Å²) in [6.07, 6.45) is 8.05. The molecule has 1 nitrogen and oxygen atoms in total. The van der Waals surface area contributed by atoms with Crippen molar-refractivity contribution < 1.29 is 0 Å². The van der Waals surface area contributed by atoms with Crippen LogP contribution in [0.1, 0.15) is 69.9 Å². The first-order valence-electron chi connectivity index (χ1n) is 8.89. The first-order chi connectivity index (χ1) is 10.1. The van der Waals surface area contributed by atoms with Gasteiger partial charge in [-0.1, -0.05) is 45.0 Å². The van der Waals surface area contributed by atoms with Crippen molar-refractivity contribution in [2.75, 3.05) is 6.54 Å². The van der Waals surface area contributed by atoms with E-state index in [1.54, 1.807) is 5.56 Å². The summed E-state index contributed by atoms with van der Waals surface area (Å²) in [5.41, 5.74) is 3.58. The Balaban J connectivity index is 1.77. The predicted molar refractivity (Wildman–Crippen MR) is 90.7 cm³/mol. The van der Waals surface area contributed by atoms with E-state index in [1.165, 1.54) is 44.2 Å². The largest absolute Gasteiger partial charge is 0.314 e. The first-order valence-corrected chi connectivity index (χ1v) is 8.89. The molecule has 0 bridgehead atoms. The molecule has 1 aromatic carbocycles. The van der Waals surface area contributed by atoms with E-state index in [0.29, 0.717) is 5.41 Å². The quantitative estimate of drug-likeness (QED) is 0.810. The fourth-order valence-electron chi connectivity index (χ4n) is 3.92. The molecule has 0 radical (unpaired) electrons. The lowest BCUT2D eigenvalue weighted by molar-refractivity contribution is 0.159. The third-order valence-electron chi connectivity index (χ3n) is 5.57. The molecule has 2 aliphatic rings. The summed E-state index contributed by atoms with van der Waals surface area (Å²) in [4.78, 5) is 0. The molecule has 0 saturated heterocycles. The lowest BCUT2D eigenvalue weighted by Gasteiger charge is -2.41. The van der Waals surface area contributed by atoms with Crippen LogP contribution >= 0.6 is 0 Å². The molecule has 1 aromatic rings. The van der Waals surface area contributed by atoms with Crippen LogP contribution in [-0.4, -0.2) is 12.6 Å². The molecule has 2 unspecified atom stereocenters. The standard InChI is InChI=1S/C20H31N/c1-4-15-6-5-7-16(12-15)19-13-20(2,3)11-10-17(19)14-21-18-8-9-18/h5-7,12,17-19,21H,4,8-11,13-14H2,1-3H3. The van der Waals surface area contributed by atoms with Crippen LogP contribution in [0.4, 0.5) is 0 Å². The Hall–Kier alpha value is -0.820. The van der Waals surface area contributed by atoms with Gasteiger partial charge < -0.3 is 5.32 Å². The fourth-order valence-corrected chi connectivity index (χ4v) is 3.92. The van der Waals surface area contributed by atoms with Crippen LogP contribution in [0, 0.1) is 11.3 Å². The summed E-state index contributed by atoms with van der Waals surface area (Å²) in [6, 6.07) is 10.2. The van der Waals surface area contributed by atoms with Gasteiger partial charge in [0.05, 0.1) is 0 Å². The minimum Gasteiger partial charge on any atom is -0.314 e. The summed E-state index contributed by atoms with van der Waals surface area (Å²) in [7, 11) is 0. The van der Waals surface area contributed by atoms with Crippen LogP contribution in [0.3, 0.4) is 0 Å². The van der Waals surface area contributed by atoms with Gasteiger partial charge in [0.2, 0.25) is 0 Å². The Bertz CT molecular complexity index is 470. The zero-order valence-electron chi connectivity index (χ0n) is 14.0. The van der Waals surface area contributed by atoms with Crippen molar-refractivity contribution in [1.82, 2.24) is 5.32 Å². The van der Waals surface area contributed by atoms with Crippen LogP contribution in [0.2, 0.25) is 0 Å². The SMILES string of the molecule is CCc1cccc(C2CC(C)(C)CCC2CNC2CC2)c1. The first kappa shape index (κ1) is 15.1. The second-order valence-corrected chi connectivity index (χ2v) is 8.05. The highest BCUT2D eigenvalue weighted by Gasteiger charge is 2.36. The van der Waals surface area contributed by atoms with E-state index in [4.69, 9.17) is 0 Å². The van der Waals surface area contributed by atoms with E-state index in [1.807, 2.05) is 0 Å². The number of rotatable bonds is 5. The van der Waals surface area contributed by atoms with Crippen LogP contribution in [-0.2, 0) is 6.42 Å². The number of benzene rings is 1. The molecule has 2 saturated carbocycles. The van der Waals surface area contributed by atoms with E-state index >= 15 is 0 Å². The minimum atomic E-state index is 0.503. The fraction of sp³-hybridized carbons (Fsp3) is 0.700. The Morgan fingerprint density at radius 1 is 1.19 bits per heavy atom. The molecule has 0 aromatic heterocycles. The van der Waals surface area contributed by atoms with Gasteiger partial charge in [0.1, 0.15) is 0 Å². The van der Waals surface area contributed by atoms with E-state index in [-0.39, 0.29) is 0 Å². The summed E-state index contributed by atoms with van der Waals surface area (Å²) in [5.74, 6) is 1.57. The van der Waals surface area contributed by atoms with E-state index in [2.05, 4.69) is 50.4 Å². The van der Waals surface area contributed by atoms with Crippen molar-refractivity contribution in [2.24, 2.45) is 11.3 Å². The highest BCUT2D eigenvalue weighted by Crippen LogP contribution is 2.46. The maximum atomic E-state index is 3.78. The molecule has 1 heteroatoms. The van der Waals surface area contributed by atoms with Gasteiger partial charge in [0, 0.05) is 6.04 Å². The molecule has 3 rings (SSSR count). The van der Waals surface area contributed by atoms with Gasteiger partial charge >= 0.3 is 0 Å². The van der Waals surface area contributed by atoms with E-state index in [0.717, 1.165) is 24.3 Å². The molecule has 0 spiro atoms. The van der Waals surface area contributed by atoms with Gasteiger partial charge in [0.15, 0.2) is 0 Å². The van der Waals surface area contributed by atoms with Gasteiger partial charge in [0.25, 0.3) is 0 Å². The van der Waals surface area contributed by atoms with Crippen LogP contribution in [0.5, 0.6) is 0 Å². The number of hydrogen-bond donors (Lipinski definition) is 1. The van der Waals surface area contributed by atoms with Crippen molar-refractivity contribution in [3.8, 4) is 0 Å². The molecule has 2 aliphatic carbocycles. The van der Waals surface area contributed by atoms with Crippen molar-refractivity contribution in [3.05, 3.63) is 35.4 Å². The number of nitrogens with one attached hydrogen (secondary N) is 1. The maximum Gasteiger partial charge on any atom is 0.00683 e. The van der Waals surface area contributed by atoms with Crippen molar-refractivity contribution in [2.45, 2.75) is 71.3 Å². The monoisotopic (exact) mass is 285 g/mol. The number of aryl methyl sites for hydroxylation is 1. The summed E-state index contributed by atoms with van der Waals surface area (Å²) >= 11 is 0. The summed E-state index contributed by atoms with van der Waals surface area (Å²) in [6.45, 7) is 8.39. The second kappa shape index (κ2) is 6.12. The van der Waals surface area contributed by atoms with E-state index < -0.39 is 0 Å². The van der Waals surface area contributed by atoms with Gasteiger partial charge in [-0.3, -0.25) is 0 Å². The third-order valence-corrected chi connectivity index (χ3v) is 5.57. The van der Waals surface area contributed by atoms with Gasteiger partial charge in [-0.25, -0.2) is 0 Å². The van der Waals surface area contributed by atoms with Crippen LogP contribution in [0.25, 0.3) is 0 Å². The smallest absolute Gasteiger partial charge is 0.00683 e. The Labute approximate surface area is 130 Å². The van der Waals surface area contributed by atoms with Crippen molar-refractivity contribution in [3.63, 3.8) is 0 Å². The molecule has 2 atom stereocenters. The zero-order chi connectivity index (χ0) is 14.9. The zero-order valence-corrected chi connectivity index (χ0v) is 14.0. The van der Waals surface area contributed by atoms with Gasteiger partial charge in [-0.15, -0.1) is 0 Å². The topological polar surface area (TPSA) is 12.0 Å². The highest BCUT2D eigenvalue weighted by atomic mass is 14.9. The van der Waals surface area contributed by atoms with Gasteiger partial charge in [-0.2, -0.15) is 0 Å². The van der Waals surface area contributed by atoms with Crippen molar-refractivity contribution in [1.29, 1.82) is 0 Å². The molecule has 21 heavy (non-hydrogen) atoms. The Kier molecular flexibility index (Phi) is 4.40. The normalized spacial score (nSPS) is 28.5. The summed E-state index contributed by atoms with van der Waals surface area (Å²) in [5, 5.41) is 3.78. The minimum absolute atomic E-state index is 0.503. The molecule has 0 aliphatic heterocycles. The lowest BCUT2D eigenvalue weighted by Crippen LogP contribution is -2.35. The van der Waals surface area contributed by atoms with E-state index in [9.17, 15) is 0 Å². The van der Waals surface area contributed by atoms with Crippen LogP contribution < -0.4 is 5.32 Å². The van der Waals surface area contributed by atoms with Crippen LogP contribution in [0.15, 0.2) is 24.3 Å². The summed E-state index contributed by atoms with van der Waals surface area (Å²) < 4.78 is 0. The molecule has 0 amide bonds. The molecule has 1 N–H and O–H groups in total. The molecule has 2 fully saturated rings. The predicted octanol–water partition coefficient (Wildman–Crippen LogP) is 4.91. The molecular weight excluding hydrogens is 254 g/mol. The highest BCUT2D eigenvalue weighted by molar-refractivity contribution is 5.28. The average molecular weight is 285 g/mol. The Morgan fingerprint density at radius 2 is 2.00 bits per heavy atom. The molecular formula is C20H31N. The maximum absolute atomic E-state index is 3.78. The third kappa shape index (κ3) is 3.88. The van der Waals surface area contributed by atoms with Gasteiger partial charge in [-0.05, 0) is 73.4 Å². The Morgan fingerprint density at radius 3 is 2.71 bits per heavy atom. The second-order valence-electron chi connectivity index (χ2n) is 8.05. The lowest BCUT2D eigenvalue weighted by atomic mass is 9.65. The average Bonchev–Trinajstić information content (AvgIpc) is 3.29. The number of hydrogen-bond acceptors (Lipinski definition) is 1.